The lowest BCUT2D eigenvalue weighted by atomic mass is 10.1. The molecule has 154 valence electrons. The molecule has 5 rings (SSSR count). The van der Waals surface area contributed by atoms with Gasteiger partial charge in [0, 0.05) is 16.7 Å². The van der Waals surface area contributed by atoms with Gasteiger partial charge in [-0.2, -0.15) is 5.10 Å². The van der Waals surface area contributed by atoms with E-state index < -0.39 is 0 Å². The van der Waals surface area contributed by atoms with Crippen LogP contribution < -0.4 is 9.47 Å². The Morgan fingerprint density at radius 2 is 1.58 bits per heavy atom. The number of methoxy groups -OCH3 is 2. The SMILES string of the molecule is COc1ccc(-c2ccc3nc(C)c(-c4ccc(-c5nnn[nH]5)cc4)n3n2)cc1OC. The average molecular weight is 413 g/mol. The Hall–Kier alpha value is -4.27. The molecule has 0 aliphatic carbocycles. The van der Waals surface area contributed by atoms with Crippen LogP contribution in [0.25, 0.3) is 39.5 Å². The molecule has 0 saturated carbocycles. The summed E-state index contributed by atoms with van der Waals surface area (Å²) < 4.78 is 12.6. The van der Waals surface area contributed by atoms with Crippen molar-refractivity contribution >= 4 is 5.65 Å². The number of nitrogens with zero attached hydrogens (tertiary/aromatic N) is 6. The van der Waals surface area contributed by atoms with Crippen LogP contribution in [-0.4, -0.2) is 49.4 Å². The van der Waals surface area contributed by atoms with E-state index in [0.717, 1.165) is 39.4 Å². The Morgan fingerprint density at radius 1 is 0.839 bits per heavy atom. The lowest BCUT2D eigenvalue weighted by Gasteiger charge is -2.10. The van der Waals surface area contributed by atoms with E-state index >= 15 is 0 Å². The highest BCUT2D eigenvalue weighted by Gasteiger charge is 2.15. The van der Waals surface area contributed by atoms with Crippen LogP contribution in [-0.2, 0) is 0 Å². The second kappa shape index (κ2) is 7.52. The minimum Gasteiger partial charge on any atom is -0.493 e. The van der Waals surface area contributed by atoms with E-state index in [2.05, 4.69) is 25.6 Å². The number of benzene rings is 2. The highest BCUT2D eigenvalue weighted by atomic mass is 16.5. The van der Waals surface area contributed by atoms with Crippen molar-refractivity contribution in [2.24, 2.45) is 0 Å². The average Bonchev–Trinajstić information content (AvgIpc) is 3.45. The van der Waals surface area contributed by atoms with Gasteiger partial charge in [0.1, 0.15) is 0 Å². The van der Waals surface area contributed by atoms with Crippen molar-refractivity contribution in [1.29, 1.82) is 0 Å². The Labute approximate surface area is 177 Å². The Bertz CT molecular complexity index is 1360. The lowest BCUT2D eigenvalue weighted by Crippen LogP contribution is -1.98. The second-order valence-electron chi connectivity index (χ2n) is 6.93. The molecule has 9 nitrogen and oxygen atoms in total. The third-order valence-corrected chi connectivity index (χ3v) is 5.11. The van der Waals surface area contributed by atoms with Crippen LogP contribution in [0.3, 0.4) is 0 Å². The minimum atomic E-state index is 0.621. The monoisotopic (exact) mass is 413 g/mol. The van der Waals surface area contributed by atoms with Gasteiger partial charge in [0.05, 0.1) is 31.3 Å². The molecule has 0 radical (unpaired) electrons. The lowest BCUT2D eigenvalue weighted by molar-refractivity contribution is 0.355. The summed E-state index contributed by atoms with van der Waals surface area (Å²) in [5.74, 6) is 1.95. The summed E-state index contributed by atoms with van der Waals surface area (Å²) in [6, 6.07) is 17.6. The van der Waals surface area contributed by atoms with Crippen molar-refractivity contribution < 1.29 is 9.47 Å². The fourth-order valence-corrected chi connectivity index (χ4v) is 3.59. The zero-order valence-electron chi connectivity index (χ0n) is 17.2. The number of imidazole rings is 1. The van der Waals surface area contributed by atoms with E-state index in [-0.39, 0.29) is 0 Å². The maximum atomic E-state index is 5.44. The number of aryl methyl sites for hydroxylation is 1. The number of H-pyrrole nitrogens is 1. The maximum Gasteiger partial charge on any atom is 0.179 e. The van der Waals surface area contributed by atoms with Gasteiger partial charge < -0.3 is 9.47 Å². The standard InChI is InChI=1S/C22H19N7O2/c1-13-21(14-4-6-15(7-5-14)22-24-27-28-25-22)29-20(23-13)11-9-17(26-29)16-8-10-18(30-2)19(12-16)31-3/h4-12H,1-3H3,(H,24,25,27,28). The van der Waals surface area contributed by atoms with E-state index in [1.807, 2.05) is 66.0 Å². The molecule has 0 saturated heterocycles. The summed E-state index contributed by atoms with van der Waals surface area (Å²) in [6.07, 6.45) is 0. The number of hydrogen-bond donors (Lipinski definition) is 1. The zero-order chi connectivity index (χ0) is 21.4. The van der Waals surface area contributed by atoms with Crippen molar-refractivity contribution in [1.82, 2.24) is 35.2 Å². The fraction of sp³-hybridized carbons (Fsp3) is 0.136. The molecule has 0 atom stereocenters. The van der Waals surface area contributed by atoms with Crippen LogP contribution >= 0.6 is 0 Å². The number of nitrogens with one attached hydrogen (secondary N) is 1. The smallest absolute Gasteiger partial charge is 0.179 e. The van der Waals surface area contributed by atoms with Crippen molar-refractivity contribution in [2.45, 2.75) is 6.92 Å². The highest BCUT2D eigenvalue weighted by molar-refractivity contribution is 5.71. The van der Waals surface area contributed by atoms with E-state index in [1.165, 1.54) is 0 Å². The van der Waals surface area contributed by atoms with Crippen molar-refractivity contribution in [3.63, 3.8) is 0 Å². The number of ether oxygens (including phenoxy) is 2. The van der Waals surface area contributed by atoms with Gasteiger partial charge in [-0.25, -0.2) is 14.6 Å². The predicted octanol–water partition coefficient (Wildman–Crippen LogP) is 3.57. The number of aromatic amines is 1. The first kappa shape index (κ1) is 18.7. The van der Waals surface area contributed by atoms with Gasteiger partial charge in [0.25, 0.3) is 0 Å². The van der Waals surface area contributed by atoms with Crippen molar-refractivity contribution in [3.05, 3.63) is 60.3 Å². The number of hydrogen-bond acceptors (Lipinski definition) is 7. The maximum absolute atomic E-state index is 5.44. The second-order valence-corrected chi connectivity index (χ2v) is 6.93. The third kappa shape index (κ3) is 3.25. The summed E-state index contributed by atoms with van der Waals surface area (Å²) in [5.41, 5.74) is 6.23. The first-order chi connectivity index (χ1) is 15.2. The molecule has 9 heteroatoms. The number of aromatic nitrogens is 7. The molecule has 0 fully saturated rings. The first-order valence-corrected chi connectivity index (χ1v) is 9.61. The van der Waals surface area contributed by atoms with Crippen LogP contribution in [0.15, 0.2) is 54.6 Å². The van der Waals surface area contributed by atoms with Gasteiger partial charge in [0.15, 0.2) is 23.0 Å². The van der Waals surface area contributed by atoms with Crippen LogP contribution in [0, 0.1) is 6.92 Å². The molecule has 1 N–H and O–H groups in total. The van der Waals surface area contributed by atoms with E-state index in [4.69, 9.17) is 14.6 Å². The first-order valence-electron chi connectivity index (χ1n) is 9.61. The molecule has 0 spiro atoms. The topological polar surface area (TPSA) is 103 Å². The van der Waals surface area contributed by atoms with Crippen LogP contribution in [0.2, 0.25) is 0 Å². The van der Waals surface area contributed by atoms with E-state index in [9.17, 15) is 0 Å². The van der Waals surface area contributed by atoms with Gasteiger partial charge in [-0.15, -0.1) is 5.10 Å². The molecule has 0 unspecified atom stereocenters. The van der Waals surface area contributed by atoms with Crippen LogP contribution in [0.1, 0.15) is 5.69 Å². The third-order valence-electron chi connectivity index (χ3n) is 5.11. The molecule has 31 heavy (non-hydrogen) atoms. The van der Waals surface area contributed by atoms with Crippen molar-refractivity contribution in [2.75, 3.05) is 14.2 Å². The molecule has 0 amide bonds. The number of fused-ring (bicyclic) bond motifs is 1. The molecule has 3 heterocycles. The molecule has 0 aliphatic rings. The van der Waals surface area contributed by atoms with Gasteiger partial charge >= 0.3 is 0 Å². The van der Waals surface area contributed by atoms with E-state index in [1.54, 1.807) is 14.2 Å². The van der Waals surface area contributed by atoms with Gasteiger partial charge in [-0.1, -0.05) is 24.3 Å². The molecule has 3 aromatic heterocycles. The minimum absolute atomic E-state index is 0.621. The zero-order valence-corrected chi connectivity index (χ0v) is 17.2. The molecule has 5 aromatic rings. The predicted molar refractivity (Wildman–Crippen MR) is 115 cm³/mol. The Morgan fingerprint density at radius 3 is 2.29 bits per heavy atom. The molecular weight excluding hydrogens is 394 g/mol. The molecular formula is C22H19N7O2. The molecule has 0 aliphatic heterocycles. The fourth-order valence-electron chi connectivity index (χ4n) is 3.59. The normalized spacial score (nSPS) is 11.1. The quantitative estimate of drug-likeness (QED) is 0.470. The van der Waals surface area contributed by atoms with E-state index in [0.29, 0.717) is 17.3 Å². The Balaban J connectivity index is 1.59. The number of rotatable bonds is 5. The van der Waals surface area contributed by atoms with Crippen molar-refractivity contribution in [3.8, 4) is 45.4 Å². The molecule has 0 bridgehead atoms. The van der Waals surface area contributed by atoms with Crippen LogP contribution in [0.5, 0.6) is 11.5 Å². The summed E-state index contributed by atoms with van der Waals surface area (Å²) >= 11 is 0. The summed E-state index contributed by atoms with van der Waals surface area (Å²) in [5, 5.41) is 18.8. The number of tetrazole rings is 1. The van der Waals surface area contributed by atoms with Gasteiger partial charge in [0.2, 0.25) is 0 Å². The van der Waals surface area contributed by atoms with Gasteiger partial charge in [-0.05, 0) is 47.7 Å². The Kier molecular flexibility index (Phi) is 4.55. The summed E-state index contributed by atoms with van der Waals surface area (Å²) in [4.78, 5) is 4.67. The van der Waals surface area contributed by atoms with Crippen LogP contribution in [0.4, 0.5) is 0 Å². The highest BCUT2D eigenvalue weighted by Crippen LogP contribution is 2.32. The molecule has 2 aromatic carbocycles. The summed E-state index contributed by atoms with van der Waals surface area (Å²) in [7, 11) is 3.24. The summed E-state index contributed by atoms with van der Waals surface area (Å²) in [6.45, 7) is 1.98. The van der Waals surface area contributed by atoms with Gasteiger partial charge in [-0.3, -0.25) is 0 Å². The largest absolute Gasteiger partial charge is 0.493 e.